The summed E-state index contributed by atoms with van der Waals surface area (Å²) in [6.07, 6.45) is 0. The van der Waals surface area contributed by atoms with Gasteiger partial charge in [-0.25, -0.2) is 4.39 Å². The van der Waals surface area contributed by atoms with Crippen LogP contribution in [0.3, 0.4) is 0 Å². The van der Waals surface area contributed by atoms with Crippen molar-refractivity contribution < 1.29 is 9.13 Å². The summed E-state index contributed by atoms with van der Waals surface area (Å²) in [4.78, 5) is 0. The molecular formula is C17H19ClFNO. The van der Waals surface area contributed by atoms with Crippen LogP contribution < -0.4 is 10.1 Å². The standard InChI is InChI=1S/C17H19ClFNO/c1-4-20-17(12-5-7-15(19)11(2)9-12)14-10-13(18)6-8-16(14)21-3/h5-10,17,20H,4H2,1-3H3. The van der Waals surface area contributed by atoms with E-state index in [1.165, 1.54) is 6.07 Å². The molecule has 1 N–H and O–H groups in total. The molecule has 0 aliphatic heterocycles. The van der Waals surface area contributed by atoms with Crippen LogP contribution in [0.5, 0.6) is 5.75 Å². The molecule has 2 rings (SSSR count). The van der Waals surface area contributed by atoms with Gasteiger partial charge in [-0.05, 0) is 48.9 Å². The van der Waals surface area contributed by atoms with Crippen molar-refractivity contribution in [2.45, 2.75) is 19.9 Å². The highest BCUT2D eigenvalue weighted by Crippen LogP contribution is 2.32. The molecule has 2 aromatic carbocycles. The fourth-order valence-electron chi connectivity index (χ4n) is 2.39. The van der Waals surface area contributed by atoms with Crippen molar-refractivity contribution in [2.75, 3.05) is 13.7 Å². The van der Waals surface area contributed by atoms with Gasteiger partial charge in [0.1, 0.15) is 11.6 Å². The number of halogens is 2. The lowest BCUT2D eigenvalue weighted by Gasteiger charge is -2.22. The van der Waals surface area contributed by atoms with Crippen molar-refractivity contribution in [1.82, 2.24) is 5.32 Å². The lowest BCUT2D eigenvalue weighted by Crippen LogP contribution is -2.22. The van der Waals surface area contributed by atoms with Gasteiger partial charge >= 0.3 is 0 Å². The van der Waals surface area contributed by atoms with Crippen LogP contribution in [0.1, 0.15) is 29.7 Å². The molecule has 0 aliphatic rings. The molecule has 0 aliphatic carbocycles. The molecule has 2 aromatic rings. The molecule has 112 valence electrons. The van der Waals surface area contributed by atoms with Gasteiger partial charge in [-0.3, -0.25) is 0 Å². The maximum absolute atomic E-state index is 13.5. The smallest absolute Gasteiger partial charge is 0.126 e. The van der Waals surface area contributed by atoms with Crippen LogP contribution >= 0.6 is 11.6 Å². The van der Waals surface area contributed by atoms with Crippen LogP contribution in [0.4, 0.5) is 4.39 Å². The predicted molar refractivity (Wildman–Crippen MR) is 84.7 cm³/mol. The molecule has 0 bridgehead atoms. The zero-order chi connectivity index (χ0) is 15.4. The van der Waals surface area contributed by atoms with E-state index in [0.717, 1.165) is 23.4 Å². The molecule has 0 fully saturated rings. The highest BCUT2D eigenvalue weighted by atomic mass is 35.5. The average Bonchev–Trinajstić information content (AvgIpc) is 2.48. The van der Waals surface area contributed by atoms with Crippen molar-refractivity contribution in [3.63, 3.8) is 0 Å². The number of methoxy groups -OCH3 is 1. The predicted octanol–water partition coefficient (Wildman–Crippen LogP) is 4.50. The number of hydrogen-bond acceptors (Lipinski definition) is 2. The second kappa shape index (κ2) is 6.92. The highest BCUT2D eigenvalue weighted by molar-refractivity contribution is 6.30. The molecule has 0 saturated heterocycles. The Hall–Kier alpha value is -1.58. The zero-order valence-corrected chi connectivity index (χ0v) is 13.2. The molecule has 4 heteroatoms. The van der Waals surface area contributed by atoms with Crippen LogP contribution in [0.15, 0.2) is 36.4 Å². The van der Waals surface area contributed by atoms with Gasteiger partial charge in [-0.15, -0.1) is 0 Å². The van der Waals surface area contributed by atoms with Gasteiger partial charge in [0.2, 0.25) is 0 Å². The molecular weight excluding hydrogens is 289 g/mol. The first-order valence-corrected chi connectivity index (χ1v) is 7.27. The summed E-state index contributed by atoms with van der Waals surface area (Å²) in [5.41, 5.74) is 2.55. The van der Waals surface area contributed by atoms with E-state index in [9.17, 15) is 4.39 Å². The van der Waals surface area contributed by atoms with Crippen LogP contribution in [-0.2, 0) is 0 Å². The quantitative estimate of drug-likeness (QED) is 0.878. The van der Waals surface area contributed by atoms with Gasteiger partial charge in [0.25, 0.3) is 0 Å². The van der Waals surface area contributed by atoms with Crippen LogP contribution in [0, 0.1) is 12.7 Å². The summed E-state index contributed by atoms with van der Waals surface area (Å²) in [7, 11) is 1.63. The Labute approximate surface area is 129 Å². The lowest BCUT2D eigenvalue weighted by molar-refractivity contribution is 0.404. The van der Waals surface area contributed by atoms with Gasteiger partial charge in [-0.1, -0.05) is 30.7 Å². The average molecular weight is 308 g/mol. The first-order chi connectivity index (χ1) is 10.1. The Kier molecular flexibility index (Phi) is 5.21. The molecule has 0 radical (unpaired) electrons. The van der Waals surface area contributed by atoms with Crippen molar-refractivity contribution in [1.29, 1.82) is 0 Å². The van der Waals surface area contributed by atoms with Crippen molar-refractivity contribution >= 4 is 11.6 Å². The van der Waals surface area contributed by atoms with E-state index in [0.29, 0.717) is 10.6 Å². The largest absolute Gasteiger partial charge is 0.496 e. The maximum Gasteiger partial charge on any atom is 0.126 e. The van der Waals surface area contributed by atoms with Crippen LogP contribution in [0.25, 0.3) is 0 Å². The topological polar surface area (TPSA) is 21.3 Å². The van der Waals surface area contributed by atoms with E-state index < -0.39 is 0 Å². The molecule has 21 heavy (non-hydrogen) atoms. The van der Waals surface area contributed by atoms with Gasteiger partial charge < -0.3 is 10.1 Å². The van der Waals surface area contributed by atoms with Gasteiger partial charge in [0.05, 0.1) is 13.2 Å². The second-order valence-electron chi connectivity index (χ2n) is 4.89. The third-order valence-corrected chi connectivity index (χ3v) is 3.66. The third kappa shape index (κ3) is 3.55. The summed E-state index contributed by atoms with van der Waals surface area (Å²) in [6, 6.07) is 10.6. The summed E-state index contributed by atoms with van der Waals surface area (Å²) in [5, 5.41) is 4.05. The molecule has 0 spiro atoms. The second-order valence-corrected chi connectivity index (χ2v) is 5.32. The number of nitrogens with one attached hydrogen (secondary N) is 1. The number of ether oxygens (including phenoxy) is 1. The first kappa shape index (κ1) is 15.8. The van der Waals surface area contributed by atoms with Gasteiger partial charge in [-0.2, -0.15) is 0 Å². The van der Waals surface area contributed by atoms with Crippen LogP contribution in [0.2, 0.25) is 5.02 Å². The molecule has 0 heterocycles. The van der Waals surface area contributed by atoms with E-state index >= 15 is 0 Å². The van der Waals surface area contributed by atoms with E-state index in [1.54, 1.807) is 26.2 Å². The summed E-state index contributed by atoms with van der Waals surface area (Å²) >= 11 is 6.12. The lowest BCUT2D eigenvalue weighted by atomic mass is 9.96. The fourth-order valence-corrected chi connectivity index (χ4v) is 2.57. The highest BCUT2D eigenvalue weighted by Gasteiger charge is 2.18. The number of benzene rings is 2. The Morgan fingerprint density at radius 2 is 2.00 bits per heavy atom. The molecule has 0 amide bonds. The third-order valence-electron chi connectivity index (χ3n) is 3.43. The van der Waals surface area contributed by atoms with Crippen molar-refractivity contribution in [3.8, 4) is 5.75 Å². The Balaban J connectivity index is 2.52. The molecule has 1 unspecified atom stereocenters. The maximum atomic E-state index is 13.5. The van der Waals surface area contributed by atoms with E-state index in [1.807, 2.05) is 25.1 Å². The van der Waals surface area contributed by atoms with Gasteiger partial charge in [0.15, 0.2) is 0 Å². The molecule has 0 saturated carbocycles. The number of aryl methyl sites for hydroxylation is 1. The van der Waals surface area contributed by atoms with Gasteiger partial charge in [0, 0.05) is 10.6 Å². The number of hydrogen-bond donors (Lipinski definition) is 1. The SMILES string of the molecule is CCNC(c1ccc(F)c(C)c1)c1cc(Cl)ccc1OC. The Bertz CT molecular complexity index is 630. The fraction of sp³-hybridized carbons (Fsp3) is 0.294. The first-order valence-electron chi connectivity index (χ1n) is 6.89. The molecule has 1 atom stereocenters. The summed E-state index contributed by atoms with van der Waals surface area (Å²) in [6.45, 7) is 4.56. The minimum atomic E-state index is -0.202. The number of rotatable bonds is 5. The Morgan fingerprint density at radius 1 is 1.24 bits per heavy atom. The molecule has 2 nitrogen and oxygen atoms in total. The summed E-state index contributed by atoms with van der Waals surface area (Å²) in [5.74, 6) is 0.555. The zero-order valence-electron chi connectivity index (χ0n) is 12.4. The van der Waals surface area contributed by atoms with Crippen LogP contribution in [-0.4, -0.2) is 13.7 Å². The van der Waals surface area contributed by atoms with E-state index in [2.05, 4.69) is 5.32 Å². The minimum Gasteiger partial charge on any atom is -0.496 e. The Morgan fingerprint density at radius 3 is 2.62 bits per heavy atom. The molecule has 0 aromatic heterocycles. The summed E-state index contributed by atoms with van der Waals surface area (Å²) < 4.78 is 18.9. The van der Waals surface area contributed by atoms with E-state index in [4.69, 9.17) is 16.3 Å². The minimum absolute atomic E-state index is 0.0945. The normalized spacial score (nSPS) is 12.2. The monoisotopic (exact) mass is 307 g/mol. The van der Waals surface area contributed by atoms with E-state index in [-0.39, 0.29) is 11.9 Å². The van der Waals surface area contributed by atoms with Crippen molar-refractivity contribution in [2.24, 2.45) is 0 Å². The van der Waals surface area contributed by atoms with Crippen molar-refractivity contribution in [3.05, 3.63) is 63.9 Å².